The molecule has 27 heavy (non-hydrogen) atoms. The first kappa shape index (κ1) is 21.5. The van der Waals surface area contributed by atoms with Crippen molar-refractivity contribution < 1.29 is 22.7 Å². The van der Waals surface area contributed by atoms with Gasteiger partial charge in [0, 0.05) is 6.04 Å². The number of rotatable bonds is 9. The number of nitrogens with zero attached hydrogens (tertiary/aromatic N) is 1. The molecule has 1 aliphatic carbocycles. The molecular formula is C19H30N2O5S. The third kappa shape index (κ3) is 7.38. The summed E-state index contributed by atoms with van der Waals surface area (Å²) in [6, 6.07) is 7.09. The molecule has 0 bridgehead atoms. The molecule has 1 aromatic rings. The van der Waals surface area contributed by atoms with Crippen LogP contribution in [0.3, 0.4) is 0 Å². The summed E-state index contributed by atoms with van der Waals surface area (Å²) in [5.41, 5.74) is 0. The molecule has 1 fully saturated rings. The van der Waals surface area contributed by atoms with Crippen molar-refractivity contribution in [3.63, 3.8) is 0 Å². The predicted octanol–water partition coefficient (Wildman–Crippen LogP) is 2.17. The highest BCUT2D eigenvalue weighted by Gasteiger charge is 2.29. The Bertz CT molecular complexity index is 683. The Hall–Kier alpha value is -1.80. The van der Waals surface area contributed by atoms with Gasteiger partial charge in [0.25, 0.3) is 0 Å². The minimum absolute atomic E-state index is 0.0798. The van der Waals surface area contributed by atoms with Crippen molar-refractivity contribution in [2.45, 2.75) is 44.6 Å². The Labute approximate surface area is 162 Å². The van der Waals surface area contributed by atoms with Crippen LogP contribution < -0.4 is 14.8 Å². The first-order valence-electron chi connectivity index (χ1n) is 9.40. The van der Waals surface area contributed by atoms with E-state index >= 15 is 0 Å². The van der Waals surface area contributed by atoms with Gasteiger partial charge in [-0.1, -0.05) is 25.7 Å². The van der Waals surface area contributed by atoms with Crippen LogP contribution in [-0.4, -0.2) is 57.7 Å². The highest BCUT2D eigenvalue weighted by atomic mass is 32.2. The number of benzene rings is 1. The maximum absolute atomic E-state index is 12.2. The SMILES string of the molecule is COc1ccc(OCCNC(=O)CN(C2CCCCCC2)S(C)(=O)=O)cc1. The van der Waals surface area contributed by atoms with Crippen LogP contribution >= 0.6 is 0 Å². The second kappa shape index (κ2) is 10.5. The van der Waals surface area contributed by atoms with Gasteiger partial charge in [-0.2, -0.15) is 4.31 Å². The van der Waals surface area contributed by atoms with E-state index in [1.807, 2.05) is 0 Å². The molecule has 7 nitrogen and oxygen atoms in total. The summed E-state index contributed by atoms with van der Waals surface area (Å²) in [7, 11) is -1.83. The minimum Gasteiger partial charge on any atom is -0.497 e. The normalized spacial score (nSPS) is 16.0. The van der Waals surface area contributed by atoms with Crippen molar-refractivity contribution in [1.82, 2.24) is 9.62 Å². The largest absolute Gasteiger partial charge is 0.497 e. The lowest BCUT2D eigenvalue weighted by Crippen LogP contribution is -2.46. The van der Waals surface area contributed by atoms with Gasteiger partial charge in [0.15, 0.2) is 0 Å². The Morgan fingerprint density at radius 3 is 2.26 bits per heavy atom. The fraction of sp³-hybridized carbons (Fsp3) is 0.632. The van der Waals surface area contributed by atoms with Crippen molar-refractivity contribution in [3.8, 4) is 11.5 Å². The van der Waals surface area contributed by atoms with Crippen LogP contribution in [0.4, 0.5) is 0 Å². The van der Waals surface area contributed by atoms with Gasteiger partial charge < -0.3 is 14.8 Å². The summed E-state index contributed by atoms with van der Waals surface area (Å²) >= 11 is 0. The van der Waals surface area contributed by atoms with Crippen LogP contribution in [0.5, 0.6) is 11.5 Å². The Balaban J connectivity index is 1.79. The number of hydrogen-bond donors (Lipinski definition) is 1. The topological polar surface area (TPSA) is 84.9 Å². The number of methoxy groups -OCH3 is 1. The lowest BCUT2D eigenvalue weighted by molar-refractivity contribution is -0.121. The Morgan fingerprint density at radius 2 is 1.70 bits per heavy atom. The number of nitrogens with one attached hydrogen (secondary N) is 1. The second-order valence-corrected chi connectivity index (χ2v) is 8.76. The second-order valence-electron chi connectivity index (χ2n) is 6.83. The van der Waals surface area contributed by atoms with Crippen molar-refractivity contribution in [2.75, 3.05) is 33.1 Å². The Morgan fingerprint density at radius 1 is 1.11 bits per heavy atom. The molecule has 0 saturated heterocycles. The Kier molecular flexibility index (Phi) is 8.37. The number of amides is 1. The number of sulfonamides is 1. The fourth-order valence-electron chi connectivity index (χ4n) is 3.29. The van der Waals surface area contributed by atoms with Crippen LogP contribution in [0, 0.1) is 0 Å². The molecule has 1 aromatic carbocycles. The van der Waals surface area contributed by atoms with E-state index in [0.29, 0.717) is 18.9 Å². The molecule has 0 aliphatic heterocycles. The number of carbonyl (C=O) groups is 1. The molecule has 0 atom stereocenters. The monoisotopic (exact) mass is 398 g/mol. The molecule has 1 amide bonds. The summed E-state index contributed by atoms with van der Waals surface area (Å²) in [4.78, 5) is 12.2. The molecule has 1 saturated carbocycles. The molecule has 0 unspecified atom stereocenters. The van der Waals surface area contributed by atoms with Gasteiger partial charge in [-0.05, 0) is 37.1 Å². The van der Waals surface area contributed by atoms with E-state index in [0.717, 1.165) is 44.3 Å². The van der Waals surface area contributed by atoms with E-state index in [9.17, 15) is 13.2 Å². The van der Waals surface area contributed by atoms with Crippen molar-refractivity contribution in [1.29, 1.82) is 0 Å². The van der Waals surface area contributed by atoms with Crippen LogP contribution in [0.2, 0.25) is 0 Å². The highest BCUT2D eigenvalue weighted by molar-refractivity contribution is 7.88. The fourth-order valence-corrected chi connectivity index (χ4v) is 4.40. The highest BCUT2D eigenvalue weighted by Crippen LogP contribution is 2.23. The van der Waals surface area contributed by atoms with Crippen LogP contribution in [-0.2, 0) is 14.8 Å². The maximum atomic E-state index is 12.2. The zero-order chi connectivity index (χ0) is 19.7. The summed E-state index contributed by atoms with van der Waals surface area (Å²) in [5, 5.41) is 2.74. The summed E-state index contributed by atoms with van der Waals surface area (Å²) in [6.07, 6.45) is 7.09. The van der Waals surface area contributed by atoms with Crippen molar-refractivity contribution >= 4 is 15.9 Å². The molecule has 1 aliphatic rings. The van der Waals surface area contributed by atoms with E-state index < -0.39 is 10.0 Å². The lowest BCUT2D eigenvalue weighted by Gasteiger charge is -2.28. The molecule has 0 aromatic heterocycles. The molecule has 1 N–H and O–H groups in total. The molecule has 152 valence electrons. The molecular weight excluding hydrogens is 368 g/mol. The first-order chi connectivity index (χ1) is 12.9. The molecule has 0 heterocycles. The quantitative estimate of drug-likeness (QED) is 0.509. The minimum atomic E-state index is -3.43. The summed E-state index contributed by atoms with van der Waals surface area (Å²) < 4.78 is 36.3. The van der Waals surface area contributed by atoms with Gasteiger partial charge in [-0.15, -0.1) is 0 Å². The van der Waals surface area contributed by atoms with Gasteiger partial charge in [0.1, 0.15) is 18.1 Å². The van der Waals surface area contributed by atoms with E-state index in [1.165, 1.54) is 10.6 Å². The summed E-state index contributed by atoms with van der Waals surface area (Å²) in [6.45, 7) is 0.486. The third-order valence-corrected chi connectivity index (χ3v) is 5.99. The molecule has 2 rings (SSSR count). The summed E-state index contributed by atoms with van der Waals surface area (Å²) in [5.74, 6) is 1.12. The number of carbonyl (C=O) groups excluding carboxylic acids is 1. The van der Waals surface area contributed by atoms with Crippen LogP contribution in [0.25, 0.3) is 0 Å². The molecule has 0 spiro atoms. The van der Waals surface area contributed by atoms with Gasteiger partial charge in [0.05, 0.1) is 26.5 Å². The first-order valence-corrected chi connectivity index (χ1v) is 11.3. The van der Waals surface area contributed by atoms with Crippen LogP contribution in [0.15, 0.2) is 24.3 Å². The van der Waals surface area contributed by atoms with Gasteiger partial charge >= 0.3 is 0 Å². The number of ether oxygens (including phenoxy) is 2. The average molecular weight is 399 g/mol. The average Bonchev–Trinajstić information content (AvgIpc) is 2.92. The molecule has 0 radical (unpaired) electrons. The van der Waals surface area contributed by atoms with E-state index in [2.05, 4.69) is 5.32 Å². The predicted molar refractivity (Wildman–Crippen MR) is 105 cm³/mol. The van der Waals surface area contributed by atoms with Crippen molar-refractivity contribution in [3.05, 3.63) is 24.3 Å². The zero-order valence-corrected chi connectivity index (χ0v) is 17.0. The van der Waals surface area contributed by atoms with E-state index in [-0.39, 0.29) is 18.5 Å². The zero-order valence-electron chi connectivity index (χ0n) is 16.1. The molecule has 8 heteroatoms. The van der Waals surface area contributed by atoms with E-state index in [4.69, 9.17) is 9.47 Å². The van der Waals surface area contributed by atoms with E-state index in [1.54, 1.807) is 31.4 Å². The van der Waals surface area contributed by atoms with Gasteiger partial charge in [-0.25, -0.2) is 8.42 Å². The van der Waals surface area contributed by atoms with Gasteiger partial charge in [-0.3, -0.25) is 4.79 Å². The van der Waals surface area contributed by atoms with Crippen molar-refractivity contribution in [2.24, 2.45) is 0 Å². The number of hydrogen-bond acceptors (Lipinski definition) is 5. The van der Waals surface area contributed by atoms with Gasteiger partial charge in [0.2, 0.25) is 15.9 Å². The third-order valence-electron chi connectivity index (χ3n) is 4.71. The maximum Gasteiger partial charge on any atom is 0.235 e. The smallest absolute Gasteiger partial charge is 0.235 e. The lowest BCUT2D eigenvalue weighted by atomic mass is 10.1. The standard InChI is InChI=1S/C19H30N2O5S/c1-25-17-9-11-18(12-10-17)26-14-13-20-19(22)15-21(27(2,23)24)16-7-5-3-4-6-8-16/h9-12,16H,3-8,13-15H2,1-2H3,(H,20,22). The van der Waals surface area contributed by atoms with Crippen LogP contribution in [0.1, 0.15) is 38.5 Å².